The fourth-order valence-corrected chi connectivity index (χ4v) is 4.61. The maximum atomic E-state index is 11.3. The molecule has 2 aromatic rings. The molecule has 0 aliphatic rings. The van der Waals surface area contributed by atoms with Crippen LogP contribution >= 0.6 is 22.6 Å². The van der Waals surface area contributed by atoms with Crippen LogP contribution in [0.1, 0.15) is 91.2 Å². The van der Waals surface area contributed by atoms with Gasteiger partial charge in [0, 0.05) is 10.2 Å². The zero-order valence-corrected chi connectivity index (χ0v) is 28.8. The molecule has 0 radical (unpaired) electrons. The number of nitrogens with one attached hydrogen (secondary N) is 1. The van der Waals surface area contributed by atoms with Gasteiger partial charge in [0.1, 0.15) is 18.0 Å². The lowest BCUT2D eigenvalue weighted by Crippen LogP contribution is -2.38. The summed E-state index contributed by atoms with van der Waals surface area (Å²) in [6.45, 7) is 12.7. The Hall–Kier alpha value is -2.28. The van der Waals surface area contributed by atoms with Gasteiger partial charge in [-0.1, -0.05) is 82.4 Å². The average Bonchev–Trinajstić information content (AvgIpc) is 2.94. The van der Waals surface area contributed by atoms with Crippen LogP contribution < -0.4 is 10.1 Å². The highest BCUT2D eigenvalue weighted by Crippen LogP contribution is 2.22. The van der Waals surface area contributed by atoms with Crippen LogP contribution in [0.25, 0.3) is 0 Å². The highest BCUT2D eigenvalue weighted by Gasteiger charge is 2.17. The lowest BCUT2D eigenvalue weighted by Gasteiger charge is -2.21. The third-order valence-corrected chi connectivity index (χ3v) is 7.09. The van der Waals surface area contributed by atoms with Gasteiger partial charge in [0.15, 0.2) is 0 Å². The van der Waals surface area contributed by atoms with Gasteiger partial charge >= 0.3 is 6.09 Å². The molecular weight excluding hydrogens is 641 g/mol. The summed E-state index contributed by atoms with van der Waals surface area (Å²) in [6, 6.07) is 16.2. The lowest BCUT2D eigenvalue weighted by molar-refractivity contribution is 0.0514. The summed E-state index contributed by atoms with van der Waals surface area (Å²) in [5.41, 5.74) is 2.11. The molecule has 2 aromatic carbocycles. The van der Waals surface area contributed by atoms with E-state index in [1.165, 1.54) is 34.0 Å². The van der Waals surface area contributed by atoms with Crippen LogP contribution in [0.15, 0.2) is 48.5 Å². The molecule has 0 bridgehead atoms. The molecule has 42 heavy (non-hydrogen) atoms. The van der Waals surface area contributed by atoms with Crippen molar-refractivity contribution in [2.75, 3.05) is 19.8 Å². The van der Waals surface area contributed by atoms with Crippen LogP contribution in [0.4, 0.5) is 4.79 Å². The van der Waals surface area contributed by atoms with Crippen molar-refractivity contribution in [2.24, 2.45) is 5.92 Å². The van der Waals surface area contributed by atoms with Gasteiger partial charge in [-0.25, -0.2) is 4.79 Å². The molecule has 0 fully saturated rings. The number of hydrogen-bond donors (Lipinski definition) is 3. The van der Waals surface area contributed by atoms with Crippen molar-refractivity contribution >= 4 is 28.7 Å². The molecule has 2 atom stereocenters. The summed E-state index contributed by atoms with van der Waals surface area (Å²) in [7, 11) is 0. The monoisotopic (exact) mass is 695 g/mol. The predicted molar refractivity (Wildman–Crippen MR) is 183 cm³/mol. The summed E-state index contributed by atoms with van der Waals surface area (Å²) in [6.07, 6.45) is 13.2. The van der Waals surface area contributed by atoms with Gasteiger partial charge in [0.05, 0.1) is 12.6 Å². The summed E-state index contributed by atoms with van der Waals surface area (Å²) in [4.78, 5) is 11.3. The minimum absolute atomic E-state index is 0.0700. The zero-order valence-electron chi connectivity index (χ0n) is 26.6. The fraction of sp³-hybridized carbons (Fsp3) is 0.571. The molecule has 0 heterocycles. The summed E-state index contributed by atoms with van der Waals surface area (Å²) in [5, 5.41) is 20.0. The second-order valence-corrected chi connectivity index (χ2v) is 12.3. The fourth-order valence-electron chi connectivity index (χ4n) is 3.95. The van der Waals surface area contributed by atoms with Gasteiger partial charge in [-0.3, -0.25) is 0 Å². The van der Waals surface area contributed by atoms with E-state index in [1.807, 2.05) is 58.0 Å². The molecule has 0 aromatic heterocycles. The number of amides is 1. The Bertz CT molecular complexity index is 1010. The highest BCUT2D eigenvalue weighted by molar-refractivity contribution is 14.1. The van der Waals surface area contributed by atoms with Crippen LogP contribution in [0, 0.1) is 21.8 Å². The Morgan fingerprint density at radius 3 is 2.12 bits per heavy atom. The van der Waals surface area contributed by atoms with Crippen molar-refractivity contribution in [3.63, 3.8) is 0 Å². The minimum Gasteiger partial charge on any atom is -0.491 e. The van der Waals surface area contributed by atoms with Crippen molar-refractivity contribution < 1.29 is 24.5 Å². The molecule has 0 aliphatic heterocycles. The SMILES string of the molecule is C#C[C@H](CCC)NC(=O)OC(C)(C)C.CCC[C@H](C)CCc1ccccc1OCCO.OCCCc1ccccc1I. The lowest BCUT2D eigenvalue weighted by atomic mass is 9.97. The first-order valence-electron chi connectivity index (χ1n) is 15.1. The van der Waals surface area contributed by atoms with Gasteiger partial charge in [0.2, 0.25) is 0 Å². The van der Waals surface area contributed by atoms with Crippen molar-refractivity contribution in [3.8, 4) is 18.1 Å². The number of ether oxygens (including phenoxy) is 2. The van der Waals surface area contributed by atoms with Crippen molar-refractivity contribution in [3.05, 3.63) is 63.2 Å². The van der Waals surface area contributed by atoms with E-state index in [9.17, 15) is 4.79 Å². The number of terminal acetylenes is 1. The first kappa shape index (κ1) is 39.7. The van der Waals surface area contributed by atoms with Gasteiger partial charge in [0.25, 0.3) is 0 Å². The first-order valence-corrected chi connectivity index (χ1v) is 16.2. The van der Waals surface area contributed by atoms with Crippen molar-refractivity contribution in [1.29, 1.82) is 0 Å². The van der Waals surface area contributed by atoms with E-state index >= 15 is 0 Å². The van der Waals surface area contributed by atoms with Gasteiger partial charge in [-0.05, 0) is 105 Å². The third kappa shape index (κ3) is 20.6. The third-order valence-electron chi connectivity index (χ3n) is 6.04. The van der Waals surface area contributed by atoms with E-state index in [0.29, 0.717) is 6.61 Å². The van der Waals surface area contributed by atoms with E-state index in [0.717, 1.165) is 43.8 Å². The van der Waals surface area contributed by atoms with Gasteiger partial charge in [-0.2, -0.15) is 0 Å². The molecular formula is C35H54INO5. The molecule has 0 unspecified atom stereocenters. The van der Waals surface area contributed by atoms with Gasteiger partial charge < -0.3 is 25.0 Å². The van der Waals surface area contributed by atoms with E-state index < -0.39 is 11.7 Å². The Morgan fingerprint density at radius 2 is 1.57 bits per heavy atom. The van der Waals surface area contributed by atoms with Crippen LogP contribution in [0.2, 0.25) is 0 Å². The summed E-state index contributed by atoms with van der Waals surface area (Å²) < 4.78 is 11.9. The largest absolute Gasteiger partial charge is 0.491 e. The Morgan fingerprint density at radius 1 is 0.952 bits per heavy atom. The highest BCUT2D eigenvalue weighted by atomic mass is 127. The van der Waals surface area contributed by atoms with Crippen molar-refractivity contribution in [1.82, 2.24) is 5.32 Å². The molecule has 2 rings (SSSR count). The number of rotatable bonds is 14. The molecule has 0 spiro atoms. The summed E-state index contributed by atoms with van der Waals surface area (Å²) >= 11 is 2.32. The molecule has 7 heteroatoms. The quantitative estimate of drug-likeness (QED) is 0.138. The smallest absolute Gasteiger partial charge is 0.408 e. The standard InChI is InChI=1S/C15H24O2.C11H19NO2.C9H11IO/c1-3-6-13(2)9-10-14-7-4-5-8-15(14)17-12-11-16;1-6-8-9(7-2)12-10(13)14-11(3,4)5;10-9-6-2-1-4-8(9)5-3-7-11/h4-5,7-8,13,16H,3,6,9-12H2,1-2H3;2,9H,6,8H2,1,3-5H3,(H,12,13);1-2,4,6,11H,3,5,7H2/t13-;9-;/m01./s1. The number of hydrogen-bond acceptors (Lipinski definition) is 5. The zero-order chi connectivity index (χ0) is 31.8. The number of benzene rings is 2. The van der Waals surface area contributed by atoms with Crippen molar-refractivity contribution in [2.45, 2.75) is 105 Å². The maximum absolute atomic E-state index is 11.3. The van der Waals surface area contributed by atoms with E-state index in [4.69, 9.17) is 26.1 Å². The topological polar surface area (TPSA) is 88.0 Å². The maximum Gasteiger partial charge on any atom is 0.408 e. The number of para-hydroxylation sites is 1. The molecule has 6 nitrogen and oxygen atoms in total. The molecule has 0 saturated heterocycles. The first-order chi connectivity index (χ1) is 20.0. The molecule has 236 valence electrons. The Labute approximate surface area is 269 Å². The van der Waals surface area contributed by atoms with E-state index in [2.05, 4.69) is 65.9 Å². The number of carbonyl (C=O) groups is 1. The minimum atomic E-state index is -0.477. The van der Waals surface area contributed by atoms with Crippen LogP contribution in [0.5, 0.6) is 5.75 Å². The van der Waals surface area contributed by atoms with E-state index in [1.54, 1.807) is 0 Å². The van der Waals surface area contributed by atoms with E-state index in [-0.39, 0.29) is 19.3 Å². The number of aryl methyl sites for hydroxylation is 2. The number of alkyl carbamates (subject to hydrolysis) is 1. The molecule has 0 aliphatic carbocycles. The van der Waals surface area contributed by atoms with Crippen LogP contribution in [-0.2, 0) is 17.6 Å². The van der Waals surface area contributed by atoms with Crippen LogP contribution in [-0.4, -0.2) is 47.8 Å². The van der Waals surface area contributed by atoms with Gasteiger partial charge in [-0.15, -0.1) is 6.42 Å². The normalized spacial score (nSPS) is 11.9. The average molecular weight is 696 g/mol. The predicted octanol–water partition coefficient (Wildman–Crippen LogP) is 7.96. The number of carbonyl (C=O) groups excluding carboxylic acids is 1. The molecule has 0 saturated carbocycles. The number of aliphatic hydroxyl groups excluding tert-OH is 2. The number of aliphatic hydroxyl groups is 2. The summed E-state index contributed by atoms with van der Waals surface area (Å²) in [5.74, 6) is 4.20. The Balaban J connectivity index is 0.000000615. The second-order valence-electron chi connectivity index (χ2n) is 11.2. The van der Waals surface area contributed by atoms with Crippen LogP contribution in [0.3, 0.4) is 0 Å². The Kier molecular flexibility index (Phi) is 22.9. The molecule has 1 amide bonds. The number of halogens is 1. The molecule has 3 N–H and O–H groups in total. The second kappa shape index (κ2) is 24.2.